The lowest BCUT2D eigenvalue weighted by molar-refractivity contribution is -0.385. The number of nitrogens with two attached hydrogens (primary N) is 1. The zero-order chi connectivity index (χ0) is 52.2. The molecule has 2 amide bonds. The summed E-state index contributed by atoms with van der Waals surface area (Å²) in [6, 6.07) is 18.7. The molecule has 1 aliphatic heterocycles. The summed E-state index contributed by atoms with van der Waals surface area (Å²) >= 11 is 22.7. The molecule has 69 heavy (non-hydrogen) atoms. The quantitative estimate of drug-likeness (QED) is 0.0313. The maximum absolute atomic E-state index is 12.6. The van der Waals surface area contributed by atoms with E-state index in [4.69, 9.17) is 81.1 Å². The van der Waals surface area contributed by atoms with Gasteiger partial charge in [-0.05, 0) is 80.6 Å². The Morgan fingerprint density at radius 1 is 1.01 bits per heavy atom. The average molecular weight is 1070 g/mol. The van der Waals surface area contributed by atoms with E-state index in [0.29, 0.717) is 12.4 Å². The van der Waals surface area contributed by atoms with Crippen molar-refractivity contribution in [2.24, 2.45) is 5.73 Å². The first-order valence-corrected chi connectivity index (χ1v) is 25.0. The molecular weight excluding hydrogens is 1020 g/mol. The van der Waals surface area contributed by atoms with E-state index >= 15 is 0 Å². The van der Waals surface area contributed by atoms with Gasteiger partial charge in [-0.25, -0.2) is 0 Å². The highest BCUT2D eigenvalue weighted by Gasteiger charge is 2.33. The van der Waals surface area contributed by atoms with Crippen LogP contribution in [-0.2, 0) is 42.7 Å². The summed E-state index contributed by atoms with van der Waals surface area (Å²) in [4.78, 5) is 55.2. The monoisotopic (exact) mass is 1070 g/mol. The number of nitro groups is 1. The van der Waals surface area contributed by atoms with Crippen LogP contribution in [0.3, 0.4) is 0 Å². The minimum atomic E-state index is -4.52. The first kappa shape index (κ1) is 60.3. The van der Waals surface area contributed by atoms with Gasteiger partial charge in [-0.3, -0.25) is 34.0 Å². The van der Waals surface area contributed by atoms with Crippen molar-refractivity contribution in [1.82, 2.24) is 0 Å². The van der Waals surface area contributed by atoms with Crippen LogP contribution in [0.25, 0.3) is 0 Å². The number of fused-ring (bicyclic) bond motifs is 1. The Bertz CT molecular complexity index is 2370. The summed E-state index contributed by atoms with van der Waals surface area (Å²) in [7, 11) is -1.52. The van der Waals surface area contributed by atoms with Gasteiger partial charge in [0.25, 0.3) is 5.91 Å². The van der Waals surface area contributed by atoms with E-state index < -0.39 is 40.9 Å². The largest absolute Gasteiger partial charge is 0.489 e. The zero-order valence-corrected chi connectivity index (χ0v) is 42.3. The number of ether oxygens (including phenoxy) is 4. The van der Waals surface area contributed by atoms with Gasteiger partial charge in [0.1, 0.15) is 42.5 Å². The van der Waals surface area contributed by atoms with Gasteiger partial charge in [0.05, 0.1) is 39.5 Å². The number of para-hydroxylation sites is 3. The Kier molecular flexibility index (Phi) is 25.1. The molecule has 16 nitrogen and oxygen atoms in total. The number of methoxy groups -OCH3 is 1. The predicted molar refractivity (Wildman–Crippen MR) is 261 cm³/mol. The van der Waals surface area contributed by atoms with Crippen LogP contribution in [0, 0.1) is 10.1 Å². The number of nitrogens with zero attached hydrogens (tertiary/aromatic N) is 3. The highest BCUT2D eigenvalue weighted by atomic mass is 35.5. The maximum Gasteiger partial charge on any atom is 0.416 e. The van der Waals surface area contributed by atoms with Crippen LogP contribution in [0.4, 0.5) is 30.2 Å². The second-order valence-corrected chi connectivity index (χ2v) is 19.0. The first-order valence-electron chi connectivity index (χ1n) is 20.9. The smallest absolute Gasteiger partial charge is 0.416 e. The molecule has 380 valence electrons. The molecule has 5 rings (SSSR count). The van der Waals surface area contributed by atoms with E-state index in [1.54, 1.807) is 23.8 Å². The normalized spacial score (nSPS) is 14.1. The van der Waals surface area contributed by atoms with Crippen LogP contribution in [0.15, 0.2) is 78.9 Å². The third kappa shape index (κ3) is 19.1. The third-order valence-corrected chi connectivity index (χ3v) is 11.5. The van der Waals surface area contributed by atoms with Gasteiger partial charge < -0.3 is 39.6 Å². The predicted octanol–water partition coefficient (Wildman–Crippen LogP) is 10.7. The van der Waals surface area contributed by atoms with Crippen LogP contribution in [0.1, 0.15) is 50.8 Å². The highest BCUT2D eigenvalue weighted by Crippen LogP contribution is 2.39. The molecule has 0 aliphatic carbocycles. The van der Waals surface area contributed by atoms with Crippen LogP contribution in [0.5, 0.6) is 23.0 Å². The Labute approximate surface area is 417 Å². The minimum absolute atomic E-state index is 0.0111. The molecule has 4 N–H and O–H groups in total. The van der Waals surface area contributed by atoms with E-state index in [9.17, 15) is 42.2 Å². The number of aliphatic carboxylic acids is 1. The SMILES string of the molecule is CC1COc2ccccc2N1C(=O)C(Cl)Cl.CCOc1cc(Oc2ccc(C(F)(F)F)cc2Cl)ccc1[N+](=O)[O-].CCc1cccc(CC)c1N(COC)C(=O)CCl.CP(=O)(O)CCC(N)C(=O)O. The number of amides is 2. The minimum Gasteiger partial charge on any atom is -0.489 e. The number of carbonyl (C=O) groups is 3. The lowest BCUT2D eigenvalue weighted by atomic mass is 10.0. The fourth-order valence-electron chi connectivity index (χ4n) is 6.13. The van der Waals surface area contributed by atoms with Gasteiger partial charge in [-0.15, -0.1) is 11.6 Å². The summed E-state index contributed by atoms with van der Waals surface area (Å²) in [5.74, 6) is -0.818. The van der Waals surface area contributed by atoms with Crippen molar-refractivity contribution in [3.63, 3.8) is 0 Å². The number of carboxylic acid groups (broad SMARTS) is 1. The van der Waals surface area contributed by atoms with Gasteiger partial charge in [0.15, 0.2) is 12.2 Å². The van der Waals surface area contributed by atoms with Crippen molar-refractivity contribution in [3.05, 3.63) is 111 Å². The molecule has 0 saturated heterocycles. The fraction of sp³-hybridized carbons (Fsp3) is 0.400. The molecular formula is C45H54Cl4F3N4O12P. The Morgan fingerprint density at radius 3 is 2.13 bits per heavy atom. The summed E-state index contributed by atoms with van der Waals surface area (Å²) in [6.45, 7) is 9.77. The van der Waals surface area contributed by atoms with Crippen molar-refractivity contribution in [2.75, 3.05) is 55.6 Å². The topological polar surface area (TPSA) is 221 Å². The second kappa shape index (κ2) is 28.7. The number of benzene rings is 4. The van der Waals surface area contributed by atoms with Crippen LogP contribution < -0.4 is 29.7 Å². The molecule has 4 aromatic rings. The molecule has 0 fully saturated rings. The summed E-state index contributed by atoms with van der Waals surface area (Å²) in [6.07, 6.45) is -2.77. The average Bonchev–Trinajstić information content (AvgIpc) is 3.30. The lowest BCUT2D eigenvalue weighted by Crippen LogP contribution is -2.47. The Balaban J connectivity index is 0.000000327. The molecule has 24 heteroatoms. The number of aryl methyl sites for hydroxylation is 2. The first-order chi connectivity index (χ1) is 32.3. The molecule has 0 aromatic heterocycles. The highest BCUT2D eigenvalue weighted by molar-refractivity contribution is 7.57. The number of hydrogen-bond acceptors (Lipinski definition) is 11. The number of halogens is 7. The molecule has 1 aliphatic rings. The molecule has 0 saturated carbocycles. The molecule has 3 atom stereocenters. The summed E-state index contributed by atoms with van der Waals surface area (Å²) < 4.78 is 69.7. The fourth-order valence-corrected chi connectivity index (χ4v) is 7.47. The van der Waals surface area contributed by atoms with Crippen LogP contribution in [0.2, 0.25) is 5.02 Å². The zero-order valence-electron chi connectivity index (χ0n) is 38.4. The number of anilines is 2. The molecule has 0 spiro atoms. The van der Waals surface area contributed by atoms with Crippen molar-refractivity contribution in [3.8, 4) is 23.0 Å². The molecule has 1 heterocycles. The van der Waals surface area contributed by atoms with Gasteiger partial charge in [0, 0.05) is 32.1 Å². The summed E-state index contributed by atoms with van der Waals surface area (Å²) in [5, 5.41) is 19.0. The molecule has 0 bridgehead atoms. The van der Waals surface area contributed by atoms with Crippen LogP contribution in [-0.4, -0.2) is 95.4 Å². The van der Waals surface area contributed by atoms with E-state index in [1.807, 2.05) is 49.4 Å². The van der Waals surface area contributed by atoms with E-state index in [1.165, 1.54) is 24.9 Å². The van der Waals surface area contributed by atoms with Crippen molar-refractivity contribution in [1.29, 1.82) is 0 Å². The number of carboxylic acids is 1. The van der Waals surface area contributed by atoms with Crippen molar-refractivity contribution >= 4 is 88.6 Å². The standard InChI is InChI=1S/C15H11ClF3NO4.C14H20ClNO2.C11H11Cl2NO2.C5H12NO4P/c1-2-23-14-8-10(4-5-12(14)20(21)22)24-13-6-3-9(7-11(13)16)15(17,18)19;1-4-11-7-6-8-12(5-2)14(11)16(10-18-3)13(17)9-15;1-7-6-16-9-5-3-2-4-8(9)14(7)11(15)10(12)13;1-11(9,10)3-2-4(6)5(7)8/h3-8H,2H2,1H3;6-8H,4-5,9-10H2,1-3H3;2-5,7,10H,6H2,1H3;4H,2-3,6H2,1H3,(H,7,8)(H,9,10). The lowest BCUT2D eigenvalue weighted by Gasteiger charge is -2.35. The molecule has 0 radical (unpaired) electrons. The number of hydrogen-bond donors (Lipinski definition) is 3. The Hall–Kier alpha value is -4.85. The van der Waals surface area contributed by atoms with E-state index in [-0.39, 0.29) is 77.6 Å². The van der Waals surface area contributed by atoms with E-state index in [0.717, 1.165) is 53.5 Å². The molecule has 3 unspecified atom stereocenters. The molecule has 4 aromatic carbocycles. The number of rotatable bonds is 16. The second-order valence-electron chi connectivity index (χ2n) is 14.7. The number of alkyl halides is 6. The van der Waals surface area contributed by atoms with E-state index in [2.05, 4.69) is 13.8 Å². The van der Waals surface area contributed by atoms with Crippen molar-refractivity contribution in [2.45, 2.75) is 70.1 Å². The maximum atomic E-state index is 12.6. The van der Waals surface area contributed by atoms with Crippen molar-refractivity contribution < 1.29 is 66.0 Å². The van der Waals surface area contributed by atoms with Gasteiger partial charge in [-0.2, -0.15) is 13.2 Å². The number of carbonyl (C=O) groups excluding carboxylic acids is 2. The van der Waals surface area contributed by atoms with Crippen LogP contribution >= 0.6 is 53.8 Å². The third-order valence-electron chi connectivity index (χ3n) is 9.47. The van der Waals surface area contributed by atoms with Gasteiger partial charge in [-0.1, -0.05) is 79.0 Å². The van der Waals surface area contributed by atoms with Gasteiger partial charge in [0.2, 0.25) is 11.7 Å². The van der Waals surface area contributed by atoms with Gasteiger partial charge >= 0.3 is 17.8 Å². The number of nitro benzene ring substituents is 1. The summed E-state index contributed by atoms with van der Waals surface area (Å²) in [5.41, 5.74) is 7.90. The Morgan fingerprint density at radius 2 is 1.64 bits per heavy atom.